The van der Waals surface area contributed by atoms with Crippen molar-refractivity contribution in [2.45, 2.75) is 50.9 Å². The standard InChI is InChI=1S/C22H26O3/c1-3-17-7-9-18(10-8-17)22(15-5-4-6-16-22)19-11-13-20(14-12-19)25-21(23)24-2/h7-14H,3-6,15-16H2,1-2H3. The fraction of sp³-hybridized carbons (Fsp3) is 0.409. The molecule has 0 amide bonds. The second kappa shape index (κ2) is 7.73. The molecular weight excluding hydrogens is 312 g/mol. The molecule has 0 heterocycles. The molecule has 3 nitrogen and oxygen atoms in total. The molecule has 0 saturated heterocycles. The minimum Gasteiger partial charge on any atom is -0.437 e. The van der Waals surface area contributed by atoms with Gasteiger partial charge in [-0.05, 0) is 48.1 Å². The second-order valence-corrected chi connectivity index (χ2v) is 6.77. The Morgan fingerprint density at radius 3 is 2.00 bits per heavy atom. The van der Waals surface area contributed by atoms with Crippen LogP contribution >= 0.6 is 0 Å². The summed E-state index contributed by atoms with van der Waals surface area (Å²) in [6, 6.07) is 17.0. The lowest BCUT2D eigenvalue weighted by Gasteiger charge is -2.38. The largest absolute Gasteiger partial charge is 0.513 e. The van der Waals surface area contributed by atoms with Gasteiger partial charge >= 0.3 is 6.16 Å². The van der Waals surface area contributed by atoms with Gasteiger partial charge in [-0.2, -0.15) is 0 Å². The van der Waals surface area contributed by atoms with Crippen LogP contribution in [0.2, 0.25) is 0 Å². The van der Waals surface area contributed by atoms with Crippen molar-refractivity contribution in [3.05, 3.63) is 65.2 Å². The van der Waals surface area contributed by atoms with Gasteiger partial charge in [-0.25, -0.2) is 4.79 Å². The molecule has 2 aromatic carbocycles. The van der Waals surface area contributed by atoms with E-state index in [1.807, 2.05) is 12.1 Å². The fourth-order valence-electron chi connectivity index (χ4n) is 3.94. The Kier molecular flexibility index (Phi) is 5.42. The molecule has 1 aliphatic carbocycles. The molecule has 0 atom stereocenters. The first kappa shape index (κ1) is 17.5. The Morgan fingerprint density at radius 2 is 1.48 bits per heavy atom. The van der Waals surface area contributed by atoms with Crippen LogP contribution in [0.4, 0.5) is 4.79 Å². The Labute approximate surface area is 150 Å². The van der Waals surface area contributed by atoms with E-state index in [0.717, 1.165) is 19.3 Å². The number of ether oxygens (including phenoxy) is 2. The van der Waals surface area contributed by atoms with Crippen LogP contribution in [0.5, 0.6) is 5.75 Å². The van der Waals surface area contributed by atoms with Crippen molar-refractivity contribution < 1.29 is 14.3 Å². The average molecular weight is 338 g/mol. The molecule has 25 heavy (non-hydrogen) atoms. The van der Waals surface area contributed by atoms with Gasteiger partial charge in [0.25, 0.3) is 0 Å². The third-order valence-electron chi connectivity index (χ3n) is 5.40. The first-order chi connectivity index (χ1) is 12.2. The van der Waals surface area contributed by atoms with Crippen molar-refractivity contribution >= 4 is 6.16 Å². The number of rotatable bonds is 4. The Balaban J connectivity index is 1.93. The van der Waals surface area contributed by atoms with E-state index < -0.39 is 6.16 Å². The number of carbonyl (C=O) groups is 1. The van der Waals surface area contributed by atoms with E-state index in [2.05, 4.69) is 48.1 Å². The number of methoxy groups -OCH3 is 1. The normalized spacial score (nSPS) is 16.2. The highest BCUT2D eigenvalue weighted by Gasteiger charge is 2.35. The minimum atomic E-state index is -0.685. The molecule has 1 saturated carbocycles. The molecule has 1 fully saturated rings. The summed E-state index contributed by atoms with van der Waals surface area (Å²) in [4.78, 5) is 11.3. The summed E-state index contributed by atoms with van der Waals surface area (Å²) < 4.78 is 9.66. The molecule has 2 aromatic rings. The highest BCUT2D eigenvalue weighted by atomic mass is 16.7. The van der Waals surface area contributed by atoms with Gasteiger partial charge in [-0.1, -0.05) is 62.6 Å². The number of aryl methyl sites for hydroxylation is 1. The zero-order valence-corrected chi connectivity index (χ0v) is 15.1. The van der Waals surface area contributed by atoms with Crippen molar-refractivity contribution in [1.29, 1.82) is 0 Å². The van der Waals surface area contributed by atoms with Gasteiger partial charge < -0.3 is 9.47 Å². The van der Waals surface area contributed by atoms with Gasteiger partial charge in [0.2, 0.25) is 0 Å². The van der Waals surface area contributed by atoms with Gasteiger partial charge in [0.1, 0.15) is 5.75 Å². The summed E-state index contributed by atoms with van der Waals surface area (Å²) in [5, 5.41) is 0. The van der Waals surface area contributed by atoms with E-state index in [1.165, 1.54) is 43.1 Å². The lowest BCUT2D eigenvalue weighted by Crippen LogP contribution is -2.30. The number of hydrogen-bond acceptors (Lipinski definition) is 3. The van der Waals surface area contributed by atoms with Crippen LogP contribution in [-0.4, -0.2) is 13.3 Å². The molecule has 1 aliphatic rings. The molecule has 3 rings (SSSR count). The zero-order valence-electron chi connectivity index (χ0n) is 15.1. The van der Waals surface area contributed by atoms with Crippen molar-refractivity contribution in [2.24, 2.45) is 0 Å². The summed E-state index contributed by atoms with van der Waals surface area (Å²) in [6.45, 7) is 2.19. The monoisotopic (exact) mass is 338 g/mol. The van der Waals surface area contributed by atoms with Crippen molar-refractivity contribution in [3.63, 3.8) is 0 Å². The molecule has 0 unspecified atom stereocenters. The Bertz CT molecular complexity index is 695. The van der Waals surface area contributed by atoms with E-state index in [4.69, 9.17) is 4.74 Å². The van der Waals surface area contributed by atoms with Crippen LogP contribution in [0.1, 0.15) is 55.7 Å². The number of hydrogen-bond donors (Lipinski definition) is 0. The SMILES string of the molecule is CCc1ccc(C2(c3ccc(OC(=O)OC)cc3)CCCCC2)cc1. The topological polar surface area (TPSA) is 35.5 Å². The molecule has 0 N–H and O–H groups in total. The van der Waals surface area contributed by atoms with Crippen molar-refractivity contribution in [1.82, 2.24) is 0 Å². The van der Waals surface area contributed by atoms with E-state index in [1.54, 1.807) is 0 Å². The maximum atomic E-state index is 11.3. The van der Waals surface area contributed by atoms with Gasteiger partial charge in [0, 0.05) is 5.41 Å². The van der Waals surface area contributed by atoms with Crippen molar-refractivity contribution in [3.8, 4) is 5.75 Å². The summed E-state index contributed by atoms with van der Waals surface area (Å²) in [5.41, 5.74) is 4.13. The summed E-state index contributed by atoms with van der Waals surface area (Å²) in [6.07, 6.45) is 6.50. The van der Waals surface area contributed by atoms with E-state index in [0.29, 0.717) is 5.75 Å². The first-order valence-corrected chi connectivity index (χ1v) is 9.14. The quantitative estimate of drug-likeness (QED) is 0.534. The molecule has 0 bridgehead atoms. The van der Waals surface area contributed by atoms with Crippen LogP contribution in [-0.2, 0) is 16.6 Å². The summed E-state index contributed by atoms with van der Waals surface area (Å²) in [7, 11) is 1.31. The van der Waals surface area contributed by atoms with Crippen LogP contribution < -0.4 is 4.74 Å². The van der Waals surface area contributed by atoms with Gasteiger partial charge in [-0.3, -0.25) is 0 Å². The van der Waals surface area contributed by atoms with Crippen molar-refractivity contribution in [2.75, 3.05) is 7.11 Å². The zero-order chi connectivity index (χ0) is 17.7. The second-order valence-electron chi connectivity index (χ2n) is 6.77. The lowest BCUT2D eigenvalue weighted by molar-refractivity contribution is 0.121. The molecule has 0 aromatic heterocycles. The molecule has 3 heteroatoms. The molecule has 0 radical (unpaired) electrons. The number of carbonyl (C=O) groups excluding carboxylic acids is 1. The third-order valence-corrected chi connectivity index (χ3v) is 5.40. The van der Waals surface area contributed by atoms with E-state index in [9.17, 15) is 4.79 Å². The van der Waals surface area contributed by atoms with Crippen LogP contribution in [0, 0.1) is 0 Å². The lowest BCUT2D eigenvalue weighted by atomic mass is 9.65. The highest BCUT2D eigenvalue weighted by Crippen LogP contribution is 2.45. The van der Waals surface area contributed by atoms with Crippen LogP contribution in [0.3, 0.4) is 0 Å². The van der Waals surface area contributed by atoms with Gasteiger partial charge in [0.05, 0.1) is 7.11 Å². The fourth-order valence-corrected chi connectivity index (χ4v) is 3.94. The van der Waals surface area contributed by atoms with E-state index in [-0.39, 0.29) is 5.41 Å². The van der Waals surface area contributed by atoms with Crippen LogP contribution in [0.15, 0.2) is 48.5 Å². The third kappa shape index (κ3) is 3.71. The predicted octanol–water partition coefficient (Wildman–Crippen LogP) is 5.64. The summed E-state index contributed by atoms with van der Waals surface area (Å²) in [5.74, 6) is 0.517. The molecule has 0 aliphatic heterocycles. The smallest absolute Gasteiger partial charge is 0.437 e. The Morgan fingerprint density at radius 1 is 0.920 bits per heavy atom. The maximum absolute atomic E-state index is 11.3. The summed E-state index contributed by atoms with van der Waals surface area (Å²) >= 11 is 0. The maximum Gasteiger partial charge on any atom is 0.513 e. The number of benzene rings is 2. The van der Waals surface area contributed by atoms with Gasteiger partial charge in [-0.15, -0.1) is 0 Å². The average Bonchev–Trinajstić information content (AvgIpc) is 2.69. The van der Waals surface area contributed by atoms with Gasteiger partial charge in [0.15, 0.2) is 0 Å². The molecular formula is C22H26O3. The van der Waals surface area contributed by atoms with Crippen LogP contribution in [0.25, 0.3) is 0 Å². The molecule has 0 spiro atoms. The predicted molar refractivity (Wildman–Crippen MR) is 99.2 cm³/mol. The highest BCUT2D eigenvalue weighted by molar-refractivity contribution is 5.63. The minimum absolute atomic E-state index is 0.0638. The first-order valence-electron chi connectivity index (χ1n) is 9.14. The van der Waals surface area contributed by atoms with E-state index >= 15 is 0 Å². The Hall–Kier alpha value is -2.29. The molecule has 132 valence electrons.